The second kappa shape index (κ2) is 31.3. The van der Waals surface area contributed by atoms with Crippen LogP contribution in [0.5, 0.6) is 0 Å². The highest BCUT2D eigenvalue weighted by molar-refractivity contribution is 5.73. The Bertz CT molecular complexity index is 2300. The van der Waals surface area contributed by atoms with Gasteiger partial charge in [0.25, 0.3) is 0 Å². The fourth-order valence-corrected chi connectivity index (χ4v) is 11.4. The molecule has 0 radical (unpaired) electrons. The minimum Gasteiger partial charge on any atom is -0.479 e. The van der Waals surface area contributed by atoms with Gasteiger partial charge in [-0.2, -0.15) is 0 Å². The van der Waals surface area contributed by atoms with Crippen LogP contribution in [0.3, 0.4) is 0 Å². The van der Waals surface area contributed by atoms with E-state index in [2.05, 4.69) is 0 Å². The molecule has 8 aliphatic heterocycles. The lowest BCUT2D eigenvalue weighted by molar-refractivity contribution is -0.408. The molecule has 26 N–H and O–H groups in total. The number of carboxylic acids is 2. The van der Waals surface area contributed by atoms with Crippen molar-refractivity contribution in [2.75, 3.05) is 39.6 Å². The second-order valence-electron chi connectivity index (χ2n) is 22.4. The van der Waals surface area contributed by atoms with Gasteiger partial charge in [0, 0.05) is 0 Å². The van der Waals surface area contributed by atoms with Crippen molar-refractivity contribution in [1.82, 2.24) is 0 Å². The molecule has 0 aromatic heterocycles. The Hall–Kier alpha value is -2.62. The number of aliphatic hydroxyl groups excluding tert-OH is 24. The minimum absolute atomic E-state index is 0.914. The smallest absolute Gasteiger partial charge is 0.335 e. The lowest BCUT2D eigenvalue weighted by Crippen LogP contribution is -2.69. The maximum Gasteiger partial charge on any atom is 0.335 e. The minimum atomic E-state index is -2.52. The molecule has 1 unspecified atom stereocenters. The van der Waals surface area contributed by atoms with Crippen LogP contribution < -0.4 is 0 Å². The molecule has 43 nitrogen and oxygen atoms in total. The maximum atomic E-state index is 12.1. The van der Waals surface area contributed by atoms with Gasteiger partial charge in [0.15, 0.2) is 62.5 Å². The van der Waals surface area contributed by atoms with E-state index in [0.29, 0.717) is 0 Å². The summed E-state index contributed by atoms with van der Waals surface area (Å²) in [5, 5.41) is 279. The van der Waals surface area contributed by atoms with E-state index in [0.717, 1.165) is 0 Å². The molecule has 0 amide bonds. The zero-order valence-corrected chi connectivity index (χ0v) is 46.9. The zero-order chi connectivity index (χ0) is 67.1. The van der Waals surface area contributed by atoms with Gasteiger partial charge in [-0.1, -0.05) is 0 Å². The summed E-state index contributed by atoms with van der Waals surface area (Å²) < 4.78 is 83.4. The standard InChI is InChI=1S/C48H78O43/c49-1-7-13(55)33(26(68)41(76)77-7)86-42-24(66)20(62)31(11(5-53)80-42)84-48-29(71)36(89-45-23(65)17(59)19(61)38(91-45)40(74)75)32(12(6-54)82-48)85-47-28(70)34(14(56)9(3-51)79-47)87-43-25(67)21(63)30(10(4-52)81-43)83-46-27(69)35(15(57)8(2-50)78-46)88-44-22(64)16(58)18(60)37(90-44)39(72)73/h7-38,41-71,76H,1-6H2,(H,72,73)(H,74,75)/t7-,8-,9-,10-,11-,12-,13-,14-,15-,16+,17+,18+,19+,20-,21-,22-,23-,24-,25-,26-,27+,28-,29+,30-,31-,32-,33+,34+,35+,36-,37+,38+,41?,42-,43-,44+,45+,46-,47+,48+/m1/s1. The number of carboxylic acid groups (broad SMARTS) is 2. The Labute approximate surface area is 510 Å². The first-order chi connectivity index (χ1) is 43.0. The molecule has 0 aliphatic carbocycles. The molecule has 0 spiro atoms. The second-order valence-corrected chi connectivity index (χ2v) is 22.4. The summed E-state index contributed by atoms with van der Waals surface area (Å²) in [6.07, 6.45) is -87.4. The van der Waals surface area contributed by atoms with Gasteiger partial charge in [-0.25, -0.2) is 9.59 Å². The van der Waals surface area contributed by atoms with Crippen LogP contribution >= 0.6 is 0 Å². The topological polar surface area (TPSA) is 699 Å². The van der Waals surface area contributed by atoms with Gasteiger partial charge < -0.3 is 204 Å². The van der Waals surface area contributed by atoms with E-state index in [-0.39, 0.29) is 0 Å². The van der Waals surface area contributed by atoms with Crippen LogP contribution in [0.25, 0.3) is 0 Å². The Kier molecular flexibility index (Phi) is 25.5. The summed E-state index contributed by atoms with van der Waals surface area (Å²) in [7, 11) is 0. The lowest BCUT2D eigenvalue weighted by Gasteiger charge is -2.51. The summed E-state index contributed by atoms with van der Waals surface area (Å²) in [5.74, 6) is -3.78. The van der Waals surface area contributed by atoms with Crippen LogP contribution in [0.15, 0.2) is 0 Å². The van der Waals surface area contributed by atoms with E-state index in [1.54, 1.807) is 0 Å². The van der Waals surface area contributed by atoms with Gasteiger partial charge in [-0.05, 0) is 0 Å². The first-order valence-corrected chi connectivity index (χ1v) is 28.2. The molecule has 0 aromatic rings. The highest BCUT2D eigenvalue weighted by Gasteiger charge is 2.61. The average Bonchev–Trinajstić information content (AvgIpc) is 0.940. The molecular formula is C48H78O43. The molecule has 43 heteroatoms. The third kappa shape index (κ3) is 15.1. The quantitative estimate of drug-likeness (QED) is 0.0479. The molecule has 8 aliphatic rings. The summed E-state index contributed by atoms with van der Waals surface area (Å²) in [4.78, 5) is 23.8. The van der Waals surface area contributed by atoms with Gasteiger partial charge >= 0.3 is 11.9 Å². The van der Waals surface area contributed by atoms with Gasteiger partial charge in [0.2, 0.25) is 0 Å². The highest BCUT2D eigenvalue weighted by Crippen LogP contribution is 2.39. The van der Waals surface area contributed by atoms with E-state index in [9.17, 15) is 142 Å². The largest absolute Gasteiger partial charge is 0.479 e. The van der Waals surface area contributed by atoms with E-state index in [1.807, 2.05) is 0 Å². The van der Waals surface area contributed by atoms with Gasteiger partial charge in [0.05, 0.1) is 39.6 Å². The Balaban J connectivity index is 1.01. The summed E-state index contributed by atoms with van der Waals surface area (Å²) in [5.41, 5.74) is 0. The molecule has 0 aromatic carbocycles. The predicted molar refractivity (Wildman–Crippen MR) is 266 cm³/mol. The van der Waals surface area contributed by atoms with Crippen molar-refractivity contribution in [3.63, 3.8) is 0 Å². The number of hydrogen-bond donors (Lipinski definition) is 26. The van der Waals surface area contributed by atoms with Crippen molar-refractivity contribution in [2.45, 2.75) is 246 Å². The predicted octanol–water partition coefficient (Wildman–Crippen LogP) is -18.3. The molecule has 40 atom stereocenters. The summed E-state index contributed by atoms with van der Waals surface area (Å²) >= 11 is 0. The fraction of sp³-hybridized carbons (Fsp3) is 0.958. The first-order valence-electron chi connectivity index (χ1n) is 28.2. The number of hydrogen-bond acceptors (Lipinski definition) is 41. The first kappa shape index (κ1) is 74.2. The Morgan fingerprint density at radius 2 is 0.473 bits per heavy atom. The van der Waals surface area contributed by atoms with Crippen molar-refractivity contribution >= 4 is 11.9 Å². The van der Waals surface area contributed by atoms with Crippen molar-refractivity contribution < 1.29 is 213 Å². The van der Waals surface area contributed by atoms with Gasteiger partial charge in [0.1, 0.15) is 183 Å². The Morgan fingerprint density at radius 3 is 0.813 bits per heavy atom. The van der Waals surface area contributed by atoms with Crippen molar-refractivity contribution in [1.29, 1.82) is 0 Å². The number of aliphatic hydroxyl groups is 24. The molecule has 91 heavy (non-hydrogen) atoms. The van der Waals surface area contributed by atoms with Crippen LogP contribution in [0.2, 0.25) is 0 Å². The summed E-state index contributed by atoms with van der Waals surface area (Å²) in [6, 6.07) is 0. The SMILES string of the molecule is O=C(O)[C@H]1O[C@H](O[C@@H]2[C@H](O)[C@@H](O[C@H]3[C@H](O)[C@@H](O)[C@@H](O[C@@H]4[C@@H](O)[C@H](O[C@H]5[C@H](O[C@H]6O[C@H](C(=O)O)[C@@H](O)[C@H](O)[C@H]6O)[C@H](O)[C@H](O[C@H]6[C@H](O)[C@@H](O)[C@@H](O[C@H]7[C@H](O)[C@@H](CO)OC(O)[C@@H]7O)O[C@@H]6CO)O[C@@H]5CO)O[C@H](CO)[C@H]4O)O[C@@H]3CO)O[C@H](CO)[C@H]2O)[C@H](O)[C@@H](O)[C@@H]1O. The van der Waals surface area contributed by atoms with Crippen LogP contribution in [-0.2, 0) is 80.6 Å². The van der Waals surface area contributed by atoms with E-state index >= 15 is 0 Å². The molecule has 8 heterocycles. The van der Waals surface area contributed by atoms with Crippen LogP contribution in [-0.4, -0.2) is 430 Å². The van der Waals surface area contributed by atoms with Gasteiger partial charge in [-0.15, -0.1) is 0 Å². The third-order valence-corrected chi connectivity index (χ3v) is 16.6. The third-order valence-electron chi connectivity index (χ3n) is 16.6. The van der Waals surface area contributed by atoms with Crippen LogP contribution in [0.4, 0.5) is 0 Å². The van der Waals surface area contributed by atoms with Crippen LogP contribution in [0.1, 0.15) is 0 Å². The van der Waals surface area contributed by atoms with E-state index in [4.69, 9.17) is 71.1 Å². The molecule has 0 saturated carbocycles. The monoisotopic (exact) mass is 1340 g/mol. The highest BCUT2D eigenvalue weighted by atomic mass is 16.8. The number of ether oxygens (including phenoxy) is 15. The number of carbonyl (C=O) groups is 2. The zero-order valence-electron chi connectivity index (χ0n) is 46.9. The van der Waals surface area contributed by atoms with Crippen LogP contribution in [0, 0.1) is 0 Å². The summed E-state index contributed by atoms with van der Waals surface area (Å²) in [6.45, 7) is -6.82. The molecule has 0 bridgehead atoms. The Morgan fingerprint density at radius 1 is 0.231 bits per heavy atom. The molecular weight excluding hydrogens is 1260 g/mol. The number of aliphatic carboxylic acids is 2. The molecule has 8 saturated heterocycles. The molecule has 528 valence electrons. The van der Waals surface area contributed by atoms with E-state index < -0.39 is 297 Å². The van der Waals surface area contributed by atoms with Crippen molar-refractivity contribution in [3.05, 3.63) is 0 Å². The van der Waals surface area contributed by atoms with E-state index in [1.165, 1.54) is 0 Å². The van der Waals surface area contributed by atoms with Crippen molar-refractivity contribution in [2.24, 2.45) is 0 Å². The molecule has 8 fully saturated rings. The van der Waals surface area contributed by atoms with Gasteiger partial charge in [-0.3, -0.25) is 0 Å². The molecule has 8 rings (SSSR count). The van der Waals surface area contributed by atoms with Crippen molar-refractivity contribution in [3.8, 4) is 0 Å². The average molecular weight is 1340 g/mol. The normalized spacial score (nSPS) is 52.6. The lowest BCUT2D eigenvalue weighted by atomic mass is 9.94. The fourth-order valence-electron chi connectivity index (χ4n) is 11.4. The number of rotatable bonds is 22. The maximum absolute atomic E-state index is 12.1.